The van der Waals surface area contributed by atoms with E-state index in [9.17, 15) is 4.79 Å². The second-order valence-corrected chi connectivity index (χ2v) is 5.60. The highest BCUT2D eigenvalue weighted by molar-refractivity contribution is 6.06. The number of anilines is 1. The Bertz CT molecular complexity index is 659. The van der Waals surface area contributed by atoms with Crippen LogP contribution in [0.5, 0.6) is 0 Å². The molecule has 1 N–H and O–H groups in total. The predicted molar refractivity (Wildman–Crippen MR) is 94.1 cm³/mol. The minimum Gasteiger partial charge on any atom is -0.322 e. The van der Waals surface area contributed by atoms with Crippen LogP contribution < -0.4 is 5.32 Å². The standard InChI is InChI=1S/C20H23NO/c1-4-15(2)13-14-18-16(3)9-8-12-19(18)20(22)21-17-10-6-5-7-11-17/h5-15H,4H2,1-3H3,(H,21,22)/b14-13-. The Labute approximate surface area is 132 Å². The van der Waals surface area contributed by atoms with Gasteiger partial charge >= 0.3 is 0 Å². The van der Waals surface area contributed by atoms with Crippen molar-refractivity contribution in [2.45, 2.75) is 27.2 Å². The summed E-state index contributed by atoms with van der Waals surface area (Å²) >= 11 is 0. The Kier molecular flexibility index (Phi) is 5.54. The number of carbonyl (C=O) groups is 1. The van der Waals surface area contributed by atoms with Crippen LogP contribution in [0.4, 0.5) is 5.69 Å². The van der Waals surface area contributed by atoms with Crippen LogP contribution in [0, 0.1) is 12.8 Å². The highest BCUT2D eigenvalue weighted by Crippen LogP contribution is 2.19. The zero-order valence-corrected chi connectivity index (χ0v) is 13.5. The van der Waals surface area contributed by atoms with Gasteiger partial charge in [-0.05, 0) is 42.2 Å². The van der Waals surface area contributed by atoms with Crippen LogP contribution in [0.25, 0.3) is 6.08 Å². The quantitative estimate of drug-likeness (QED) is 0.795. The van der Waals surface area contributed by atoms with Gasteiger partial charge in [0.1, 0.15) is 0 Å². The summed E-state index contributed by atoms with van der Waals surface area (Å²) in [6.07, 6.45) is 5.33. The summed E-state index contributed by atoms with van der Waals surface area (Å²) < 4.78 is 0. The van der Waals surface area contributed by atoms with Gasteiger partial charge in [-0.15, -0.1) is 0 Å². The minimum atomic E-state index is -0.0706. The number of para-hydroxylation sites is 1. The normalized spacial score (nSPS) is 12.3. The Morgan fingerprint density at radius 1 is 1.14 bits per heavy atom. The van der Waals surface area contributed by atoms with Crippen LogP contribution in [-0.4, -0.2) is 5.91 Å². The van der Waals surface area contributed by atoms with Gasteiger partial charge in [0, 0.05) is 11.3 Å². The fourth-order valence-electron chi connectivity index (χ4n) is 2.22. The molecule has 0 saturated carbocycles. The van der Waals surface area contributed by atoms with Crippen LogP contribution in [0.2, 0.25) is 0 Å². The zero-order chi connectivity index (χ0) is 15.9. The second-order valence-electron chi connectivity index (χ2n) is 5.60. The lowest BCUT2D eigenvalue weighted by Crippen LogP contribution is -2.13. The molecule has 0 aliphatic carbocycles. The monoisotopic (exact) mass is 293 g/mol. The lowest BCUT2D eigenvalue weighted by atomic mass is 9.98. The molecular formula is C20H23NO. The van der Waals surface area contributed by atoms with Gasteiger partial charge in [0.25, 0.3) is 5.91 Å². The number of aryl methyl sites for hydroxylation is 1. The fraction of sp³-hybridized carbons (Fsp3) is 0.250. The molecule has 1 atom stereocenters. The van der Waals surface area contributed by atoms with Crippen molar-refractivity contribution < 1.29 is 4.79 Å². The van der Waals surface area contributed by atoms with Gasteiger partial charge < -0.3 is 5.32 Å². The molecule has 1 unspecified atom stereocenters. The van der Waals surface area contributed by atoms with Gasteiger partial charge in [-0.25, -0.2) is 0 Å². The van der Waals surface area contributed by atoms with Crippen molar-refractivity contribution in [1.82, 2.24) is 0 Å². The van der Waals surface area contributed by atoms with E-state index in [1.165, 1.54) is 0 Å². The van der Waals surface area contributed by atoms with Crippen LogP contribution in [0.3, 0.4) is 0 Å². The molecule has 0 saturated heterocycles. The van der Waals surface area contributed by atoms with Crippen LogP contribution in [-0.2, 0) is 0 Å². The average Bonchev–Trinajstić information content (AvgIpc) is 2.54. The number of allylic oxidation sites excluding steroid dienone is 1. The SMILES string of the molecule is CCC(C)/C=C\c1c(C)cccc1C(=O)Nc1ccccc1. The van der Waals surface area contributed by atoms with E-state index in [4.69, 9.17) is 0 Å². The average molecular weight is 293 g/mol. The molecule has 0 fully saturated rings. The second kappa shape index (κ2) is 7.60. The van der Waals surface area contributed by atoms with Crippen LogP contribution >= 0.6 is 0 Å². The molecule has 0 aliphatic heterocycles. The summed E-state index contributed by atoms with van der Waals surface area (Å²) in [5.41, 5.74) is 3.63. The smallest absolute Gasteiger partial charge is 0.256 e. The van der Waals surface area contributed by atoms with Crippen molar-refractivity contribution >= 4 is 17.7 Å². The molecule has 0 radical (unpaired) electrons. The van der Waals surface area contributed by atoms with E-state index in [-0.39, 0.29) is 5.91 Å². The number of nitrogens with one attached hydrogen (secondary N) is 1. The van der Waals surface area contributed by atoms with Gasteiger partial charge in [0.15, 0.2) is 0 Å². The Morgan fingerprint density at radius 2 is 1.86 bits per heavy atom. The molecule has 0 spiro atoms. The van der Waals surface area contributed by atoms with Crippen molar-refractivity contribution in [3.8, 4) is 0 Å². The summed E-state index contributed by atoms with van der Waals surface area (Å²) in [5.74, 6) is 0.434. The first-order valence-electron chi connectivity index (χ1n) is 7.76. The van der Waals surface area contributed by atoms with Gasteiger partial charge in [-0.3, -0.25) is 4.79 Å². The number of hydrogen-bond acceptors (Lipinski definition) is 1. The molecule has 2 aromatic carbocycles. The van der Waals surface area contributed by atoms with E-state index in [2.05, 4.69) is 31.3 Å². The maximum absolute atomic E-state index is 12.6. The maximum Gasteiger partial charge on any atom is 0.256 e. The molecule has 2 rings (SSSR count). The summed E-state index contributed by atoms with van der Waals surface area (Å²) in [5, 5.41) is 2.95. The van der Waals surface area contributed by atoms with Crippen LogP contribution in [0.1, 0.15) is 41.8 Å². The maximum atomic E-state index is 12.6. The number of amides is 1. The van der Waals surface area contributed by atoms with Crippen molar-refractivity contribution in [3.05, 3.63) is 71.3 Å². The minimum absolute atomic E-state index is 0.0706. The molecule has 1 amide bonds. The van der Waals surface area contributed by atoms with Gasteiger partial charge in [-0.1, -0.05) is 62.8 Å². The van der Waals surface area contributed by atoms with Gasteiger partial charge in [-0.2, -0.15) is 0 Å². The summed E-state index contributed by atoms with van der Waals surface area (Å²) in [6.45, 7) is 6.38. The van der Waals surface area contributed by atoms with Crippen molar-refractivity contribution in [2.75, 3.05) is 5.32 Å². The van der Waals surface area contributed by atoms with Crippen LogP contribution in [0.15, 0.2) is 54.6 Å². The van der Waals surface area contributed by atoms with E-state index in [0.29, 0.717) is 11.5 Å². The van der Waals surface area contributed by atoms with Gasteiger partial charge in [0.2, 0.25) is 0 Å². The molecule has 0 bridgehead atoms. The zero-order valence-electron chi connectivity index (χ0n) is 13.5. The summed E-state index contributed by atoms with van der Waals surface area (Å²) in [4.78, 5) is 12.6. The first-order chi connectivity index (χ1) is 10.6. The topological polar surface area (TPSA) is 29.1 Å². The fourth-order valence-corrected chi connectivity index (χ4v) is 2.22. The van der Waals surface area contributed by atoms with E-state index in [1.54, 1.807) is 0 Å². The van der Waals surface area contributed by atoms with Crippen molar-refractivity contribution in [2.24, 2.45) is 5.92 Å². The van der Waals surface area contributed by atoms with Crippen molar-refractivity contribution in [1.29, 1.82) is 0 Å². The lowest BCUT2D eigenvalue weighted by molar-refractivity contribution is 0.102. The molecule has 0 aromatic heterocycles. The first-order valence-corrected chi connectivity index (χ1v) is 7.76. The Balaban J connectivity index is 2.28. The Morgan fingerprint density at radius 3 is 2.55 bits per heavy atom. The molecule has 2 heteroatoms. The number of benzene rings is 2. The molecule has 114 valence electrons. The lowest BCUT2D eigenvalue weighted by Gasteiger charge is -2.11. The molecule has 2 nitrogen and oxygen atoms in total. The number of hydrogen-bond donors (Lipinski definition) is 1. The highest BCUT2D eigenvalue weighted by atomic mass is 16.1. The van der Waals surface area contributed by atoms with E-state index in [1.807, 2.05) is 55.5 Å². The van der Waals surface area contributed by atoms with Crippen molar-refractivity contribution in [3.63, 3.8) is 0 Å². The largest absolute Gasteiger partial charge is 0.322 e. The molecule has 2 aromatic rings. The predicted octanol–water partition coefficient (Wildman–Crippen LogP) is 5.31. The Hall–Kier alpha value is -2.35. The molecule has 0 heterocycles. The highest BCUT2D eigenvalue weighted by Gasteiger charge is 2.11. The van der Waals surface area contributed by atoms with E-state index < -0.39 is 0 Å². The molecular weight excluding hydrogens is 270 g/mol. The summed E-state index contributed by atoms with van der Waals surface area (Å²) in [6, 6.07) is 15.4. The number of rotatable bonds is 5. The number of carbonyl (C=O) groups excluding carboxylic acids is 1. The van der Waals surface area contributed by atoms with E-state index in [0.717, 1.165) is 23.2 Å². The third-order valence-electron chi connectivity index (χ3n) is 3.84. The molecule has 22 heavy (non-hydrogen) atoms. The molecule has 0 aliphatic rings. The van der Waals surface area contributed by atoms with Gasteiger partial charge in [0.05, 0.1) is 0 Å². The third-order valence-corrected chi connectivity index (χ3v) is 3.84. The third kappa shape index (κ3) is 4.08. The summed E-state index contributed by atoms with van der Waals surface area (Å²) in [7, 11) is 0. The first kappa shape index (κ1) is 16.0. The van der Waals surface area contributed by atoms with E-state index >= 15 is 0 Å².